The maximum Gasteiger partial charge on any atom is 0.490 e. The van der Waals surface area contributed by atoms with Gasteiger partial charge in [-0.05, 0) is 6.07 Å². The lowest BCUT2D eigenvalue weighted by Crippen LogP contribution is -2.44. The molecule has 0 unspecified atom stereocenters. The summed E-state index contributed by atoms with van der Waals surface area (Å²) in [7, 11) is -1.61. The number of hydrogen-bond donors (Lipinski definition) is 3. The number of urea groups is 1. The van der Waals surface area contributed by atoms with Gasteiger partial charge in [-0.1, -0.05) is 18.2 Å². The number of morpholine rings is 1. The van der Waals surface area contributed by atoms with E-state index in [1.807, 2.05) is 0 Å². The quantitative estimate of drug-likeness (QED) is 0.602. The fourth-order valence-corrected chi connectivity index (χ4v) is 1.80. The van der Waals surface area contributed by atoms with Gasteiger partial charge >= 0.3 is 13.1 Å². The van der Waals surface area contributed by atoms with Crippen LogP contribution in [0.15, 0.2) is 24.3 Å². The molecule has 1 aliphatic heterocycles. The highest BCUT2D eigenvalue weighted by molar-refractivity contribution is 6.60. The predicted octanol–water partition coefficient (Wildman–Crippen LogP) is -0.770. The van der Waals surface area contributed by atoms with E-state index >= 15 is 0 Å². The molecule has 6 nitrogen and oxygen atoms in total. The summed E-state index contributed by atoms with van der Waals surface area (Å²) in [5, 5.41) is 21.1. The molecule has 1 aromatic rings. The Morgan fingerprint density at radius 1 is 1.28 bits per heavy atom. The second-order valence-electron chi connectivity index (χ2n) is 3.99. The topological polar surface area (TPSA) is 82.0 Å². The van der Waals surface area contributed by atoms with Crippen LogP contribution < -0.4 is 10.8 Å². The summed E-state index contributed by atoms with van der Waals surface area (Å²) in [4.78, 5) is 13.6. The van der Waals surface area contributed by atoms with Gasteiger partial charge in [0.2, 0.25) is 0 Å². The highest BCUT2D eigenvalue weighted by Gasteiger charge is 2.20. The summed E-state index contributed by atoms with van der Waals surface area (Å²) in [6, 6.07) is 6.33. The van der Waals surface area contributed by atoms with Gasteiger partial charge in [-0.15, -0.1) is 0 Å². The maximum atomic E-state index is 11.9. The van der Waals surface area contributed by atoms with E-state index in [9.17, 15) is 14.8 Å². The SMILES string of the molecule is O=C(Nc1ccccc1B(O)O)N1CCOCC1. The third-order valence-corrected chi connectivity index (χ3v) is 2.78. The summed E-state index contributed by atoms with van der Waals surface area (Å²) in [5.41, 5.74) is 0.683. The van der Waals surface area contributed by atoms with Crippen molar-refractivity contribution in [1.82, 2.24) is 4.90 Å². The van der Waals surface area contributed by atoms with Gasteiger partial charge in [0.1, 0.15) is 0 Å². The van der Waals surface area contributed by atoms with Crippen LogP contribution in [0.5, 0.6) is 0 Å². The molecule has 0 atom stereocenters. The largest absolute Gasteiger partial charge is 0.490 e. The van der Waals surface area contributed by atoms with Crippen molar-refractivity contribution in [2.75, 3.05) is 31.6 Å². The fourth-order valence-electron chi connectivity index (χ4n) is 1.80. The van der Waals surface area contributed by atoms with E-state index in [0.717, 1.165) is 0 Å². The average Bonchev–Trinajstić information content (AvgIpc) is 2.40. The fraction of sp³-hybridized carbons (Fsp3) is 0.364. The van der Waals surface area contributed by atoms with Crippen LogP contribution in [0, 0.1) is 0 Å². The Morgan fingerprint density at radius 3 is 2.61 bits per heavy atom. The number of carbonyl (C=O) groups excluding carboxylic acids is 1. The molecule has 0 bridgehead atoms. The molecule has 1 heterocycles. The third-order valence-electron chi connectivity index (χ3n) is 2.78. The van der Waals surface area contributed by atoms with Crippen molar-refractivity contribution in [2.24, 2.45) is 0 Å². The summed E-state index contributed by atoms with van der Waals surface area (Å²) in [6.45, 7) is 2.13. The van der Waals surface area contributed by atoms with Gasteiger partial charge < -0.3 is 25.0 Å². The number of amides is 2. The van der Waals surface area contributed by atoms with Crippen molar-refractivity contribution in [1.29, 1.82) is 0 Å². The first-order valence-electron chi connectivity index (χ1n) is 5.77. The minimum Gasteiger partial charge on any atom is -0.423 e. The maximum absolute atomic E-state index is 11.9. The number of rotatable bonds is 2. The second-order valence-corrected chi connectivity index (χ2v) is 3.99. The van der Waals surface area contributed by atoms with Crippen LogP contribution in [0.25, 0.3) is 0 Å². The Kier molecular flexibility index (Phi) is 4.19. The van der Waals surface area contributed by atoms with E-state index < -0.39 is 7.12 Å². The van der Waals surface area contributed by atoms with Crippen LogP contribution >= 0.6 is 0 Å². The number of hydrogen-bond acceptors (Lipinski definition) is 4. The zero-order valence-electron chi connectivity index (χ0n) is 9.87. The van der Waals surface area contributed by atoms with Crippen LogP contribution in [0.1, 0.15) is 0 Å². The van der Waals surface area contributed by atoms with Crippen LogP contribution in [0.2, 0.25) is 0 Å². The normalized spacial score (nSPS) is 15.3. The van der Waals surface area contributed by atoms with Crippen molar-refractivity contribution < 1.29 is 19.6 Å². The Hall–Kier alpha value is -1.57. The first-order chi connectivity index (χ1) is 8.68. The number of para-hydroxylation sites is 1. The van der Waals surface area contributed by atoms with Gasteiger partial charge in [0.15, 0.2) is 0 Å². The molecule has 1 aliphatic rings. The first kappa shape index (κ1) is 12.9. The molecule has 96 valence electrons. The van der Waals surface area contributed by atoms with Crippen LogP contribution in [0.4, 0.5) is 10.5 Å². The van der Waals surface area contributed by atoms with Crippen molar-refractivity contribution in [3.05, 3.63) is 24.3 Å². The Labute approximate surface area is 105 Å². The lowest BCUT2D eigenvalue weighted by molar-refractivity contribution is 0.0564. The third kappa shape index (κ3) is 3.01. The van der Waals surface area contributed by atoms with Crippen molar-refractivity contribution in [3.8, 4) is 0 Å². The van der Waals surface area contributed by atoms with E-state index in [1.165, 1.54) is 0 Å². The lowest BCUT2D eigenvalue weighted by atomic mass is 9.79. The molecule has 0 saturated carbocycles. The minimum absolute atomic E-state index is 0.258. The van der Waals surface area contributed by atoms with Gasteiger partial charge in [0.05, 0.1) is 13.2 Å². The molecule has 1 aromatic carbocycles. The summed E-state index contributed by atoms with van der Waals surface area (Å²) >= 11 is 0. The Bertz CT molecular complexity index is 421. The minimum atomic E-state index is -1.61. The smallest absolute Gasteiger partial charge is 0.423 e. The van der Waals surface area contributed by atoms with Crippen molar-refractivity contribution in [3.63, 3.8) is 0 Å². The van der Waals surface area contributed by atoms with Crippen LogP contribution in [0.3, 0.4) is 0 Å². The highest BCUT2D eigenvalue weighted by atomic mass is 16.5. The van der Waals surface area contributed by atoms with Crippen LogP contribution in [-0.2, 0) is 4.74 Å². The Balaban J connectivity index is 2.06. The van der Waals surface area contributed by atoms with E-state index in [1.54, 1.807) is 29.2 Å². The number of benzene rings is 1. The number of carbonyl (C=O) groups is 1. The number of nitrogens with zero attached hydrogens (tertiary/aromatic N) is 1. The lowest BCUT2D eigenvalue weighted by Gasteiger charge is -2.27. The molecule has 1 saturated heterocycles. The number of anilines is 1. The van der Waals surface area contributed by atoms with Crippen molar-refractivity contribution in [2.45, 2.75) is 0 Å². The molecule has 0 aromatic heterocycles. The molecule has 0 aliphatic carbocycles. The molecule has 1 fully saturated rings. The molecular formula is C11H15BN2O4. The van der Waals surface area contributed by atoms with Gasteiger partial charge in [-0.3, -0.25) is 0 Å². The number of nitrogens with one attached hydrogen (secondary N) is 1. The molecule has 2 rings (SSSR count). The zero-order chi connectivity index (χ0) is 13.0. The van der Waals surface area contributed by atoms with Crippen molar-refractivity contribution >= 4 is 24.3 Å². The number of ether oxygens (including phenoxy) is 1. The van der Waals surface area contributed by atoms with Gasteiger partial charge in [0.25, 0.3) is 0 Å². The van der Waals surface area contributed by atoms with E-state index in [2.05, 4.69) is 5.32 Å². The first-order valence-corrected chi connectivity index (χ1v) is 5.77. The van der Waals surface area contributed by atoms with E-state index in [0.29, 0.717) is 32.0 Å². The average molecular weight is 250 g/mol. The molecule has 2 amide bonds. The standard InChI is InChI=1S/C11H15BN2O4/c15-11(14-5-7-18-8-6-14)13-10-4-2-1-3-9(10)12(16)17/h1-4,16-17H,5-8H2,(H,13,15). The van der Waals surface area contributed by atoms with Gasteiger partial charge in [-0.2, -0.15) is 0 Å². The summed E-state index contributed by atoms with van der Waals surface area (Å²) < 4.78 is 5.16. The molecule has 3 N–H and O–H groups in total. The Morgan fingerprint density at radius 2 is 1.94 bits per heavy atom. The predicted molar refractivity (Wildman–Crippen MR) is 67.7 cm³/mol. The summed E-state index contributed by atoms with van der Waals surface area (Å²) in [5.74, 6) is 0. The monoisotopic (exact) mass is 250 g/mol. The molecule has 0 radical (unpaired) electrons. The molecule has 7 heteroatoms. The van der Waals surface area contributed by atoms with E-state index in [4.69, 9.17) is 4.74 Å². The van der Waals surface area contributed by atoms with Gasteiger partial charge in [0, 0.05) is 24.2 Å². The molecular weight excluding hydrogens is 235 g/mol. The second kappa shape index (κ2) is 5.86. The summed E-state index contributed by atoms with van der Waals surface area (Å²) in [6.07, 6.45) is 0. The van der Waals surface area contributed by atoms with Gasteiger partial charge in [-0.25, -0.2) is 4.79 Å². The zero-order valence-corrected chi connectivity index (χ0v) is 9.87. The van der Waals surface area contributed by atoms with E-state index in [-0.39, 0.29) is 11.5 Å². The highest BCUT2D eigenvalue weighted by Crippen LogP contribution is 2.06. The molecule has 0 spiro atoms. The van der Waals surface area contributed by atoms with Crippen LogP contribution in [-0.4, -0.2) is 54.4 Å². The molecule has 18 heavy (non-hydrogen) atoms.